The topological polar surface area (TPSA) is 59.5 Å². The average molecular weight is 347 g/mol. The van der Waals surface area contributed by atoms with Gasteiger partial charge in [0.05, 0.1) is 6.04 Å². The maximum atomic E-state index is 13.7. The predicted octanol–water partition coefficient (Wildman–Crippen LogP) is 3.73. The summed E-state index contributed by atoms with van der Waals surface area (Å²) in [4.78, 5) is 6.07. The third-order valence-corrected chi connectivity index (χ3v) is 4.58. The van der Waals surface area contributed by atoms with Crippen LogP contribution in [0.5, 0.6) is 0 Å². The van der Waals surface area contributed by atoms with Crippen molar-refractivity contribution in [2.45, 2.75) is 25.3 Å². The summed E-state index contributed by atoms with van der Waals surface area (Å²) in [5.41, 5.74) is 7.21. The highest BCUT2D eigenvalue weighted by Crippen LogP contribution is 2.41. The first-order valence-electron chi connectivity index (χ1n) is 7.99. The van der Waals surface area contributed by atoms with Gasteiger partial charge in [-0.25, -0.2) is 22.7 Å². The zero-order chi connectivity index (χ0) is 17.6. The number of nitrogens with two attached hydrogens (primary N) is 1. The standard InChI is InChI=1S/C17H16F3N5/c18-10-4-5-11(15(19)20)12(9-10)13-3-1-7-24(13)17-14(21)16-22-6-2-8-25(16)23-17/h2,4-6,8-9,13,15H,1,3,7,21H2. The van der Waals surface area contributed by atoms with E-state index in [0.29, 0.717) is 30.1 Å². The summed E-state index contributed by atoms with van der Waals surface area (Å²) in [5, 5.41) is 4.44. The number of nitrogen functional groups attached to an aromatic ring is 1. The second-order valence-electron chi connectivity index (χ2n) is 6.05. The van der Waals surface area contributed by atoms with Crippen molar-refractivity contribution < 1.29 is 13.2 Å². The Kier molecular flexibility index (Phi) is 3.74. The molecule has 25 heavy (non-hydrogen) atoms. The Morgan fingerprint density at radius 1 is 1.28 bits per heavy atom. The minimum Gasteiger partial charge on any atom is -0.393 e. The van der Waals surface area contributed by atoms with Gasteiger partial charge in [-0.1, -0.05) is 6.07 Å². The SMILES string of the molecule is Nc1c(N2CCCC2c2cc(F)ccc2C(F)F)nn2cccnc12. The van der Waals surface area contributed by atoms with Gasteiger partial charge in [0.15, 0.2) is 11.5 Å². The number of nitrogens with zero attached hydrogens (tertiary/aromatic N) is 4. The van der Waals surface area contributed by atoms with Crippen LogP contribution >= 0.6 is 0 Å². The molecule has 1 atom stereocenters. The lowest BCUT2D eigenvalue weighted by atomic mass is 9.98. The van der Waals surface area contributed by atoms with Gasteiger partial charge in [0, 0.05) is 24.5 Å². The highest BCUT2D eigenvalue weighted by molar-refractivity contribution is 5.78. The van der Waals surface area contributed by atoms with Crippen LogP contribution in [0.4, 0.5) is 24.7 Å². The Morgan fingerprint density at radius 3 is 2.88 bits per heavy atom. The zero-order valence-electron chi connectivity index (χ0n) is 13.2. The summed E-state index contributed by atoms with van der Waals surface area (Å²) >= 11 is 0. The van der Waals surface area contributed by atoms with E-state index in [9.17, 15) is 13.2 Å². The quantitative estimate of drug-likeness (QED) is 0.784. The van der Waals surface area contributed by atoms with Crippen molar-refractivity contribution in [1.29, 1.82) is 0 Å². The highest BCUT2D eigenvalue weighted by Gasteiger charge is 2.33. The lowest BCUT2D eigenvalue weighted by Crippen LogP contribution is -2.25. The Hall–Kier alpha value is -2.77. The van der Waals surface area contributed by atoms with Crippen molar-refractivity contribution in [1.82, 2.24) is 14.6 Å². The van der Waals surface area contributed by atoms with Crippen molar-refractivity contribution >= 4 is 17.2 Å². The molecule has 1 aliphatic rings. The van der Waals surface area contributed by atoms with Crippen LogP contribution in [0.15, 0.2) is 36.7 Å². The molecule has 0 spiro atoms. The maximum absolute atomic E-state index is 13.7. The molecule has 8 heteroatoms. The third-order valence-electron chi connectivity index (χ3n) is 4.58. The van der Waals surface area contributed by atoms with Crippen molar-refractivity contribution in [2.24, 2.45) is 0 Å². The van der Waals surface area contributed by atoms with E-state index < -0.39 is 18.3 Å². The number of aromatic nitrogens is 3. The van der Waals surface area contributed by atoms with E-state index in [1.807, 2.05) is 4.90 Å². The van der Waals surface area contributed by atoms with E-state index >= 15 is 0 Å². The Morgan fingerprint density at radius 2 is 2.12 bits per heavy atom. The van der Waals surface area contributed by atoms with Crippen LogP contribution in [-0.2, 0) is 0 Å². The lowest BCUT2D eigenvalue weighted by molar-refractivity contribution is 0.149. The van der Waals surface area contributed by atoms with Crippen LogP contribution in [0.1, 0.15) is 36.4 Å². The normalized spacial score (nSPS) is 17.8. The molecule has 1 aromatic carbocycles. The van der Waals surface area contributed by atoms with Gasteiger partial charge in [0.2, 0.25) is 0 Å². The van der Waals surface area contributed by atoms with Gasteiger partial charge in [-0.05, 0) is 36.6 Å². The molecule has 1 unspecified atom stereocenters. The molecule has 3 aromatic rings. The minimum absolute atomic E-state index is 0.154. The number of anilines is 2. The highest BCUT2D eigenvalue weighted by atomic mass is 19.3. The summed E-state index contributed by atoms with van der Waals surface area (Å²) in [6, 6.07) is 4.74. The molecule has 2 aromatic heterocycles. The molecule has 2 N–H and O–H groups in total. The summed E-state index contributed by atoms with van der Waals surface area (Å²) < 4.78 is 42.1. The second kappa shape index (κ2) is 5.94. The van der Waals surface area contributed by atoms with E-state index in [4.69, 9.17) is 5.73 Å². The number of rotatable bonds is 3. The number of alkyl halides is 2. The van der Waals surface area contributed by atoms with E-state index in [2.05, 4.69) is 10.1 Å². The van der Waals surface area contributed by atoms with E-state index in [1.54, 1.807) is 23.0 Å². The molecule has 1 fully saturated rings. The monoisotopic (exact) mass is 347 g/mol. The van der Waals surface area contributed by atoms with Crippen molar-refractivity contribution in [3.05, 3.63) is 53.6 Å². The molecule has 4 rings (SSSR count). The smallest absolute Gasteiger partial charge is 0.264 e. The molecule has 3 heterocycles. The largest absolute Gasteiger partial charge is 0.393 e. The Balaban J connectivity index is 1.81. The molecule has 5 nitrogen and oxygen atoms in total. The molecule has 0 bridgehead atoms. The van der Waals surface area contributed by atoms with Gasteiger partial charge in [-0.15, -0.1) is 5.10 Å². The zero-order valence-corrected chi connectivity index (χ0v) is 13.2. The second-order valence-corrected chi connectivity index (χ2v) is 6.05. The number of hydrogen-bond acceptors (Lipinski definition) is 4. The van der Waals surface area contributed by atoms with Gasteiger partial charge < -0.3 is 10.6 Å². The van der Waals surface area contributed by atoms with Crippen LogP contribution in [0.2, 0.25) is 0 Å². The fraction of sp³-hybridized carbons (Fsp3) is 0.294. The molecule has 0 saturated carbocycles. The van der Waals surface area contributed by atoms with Gasteiger partial charge >= 0.3 is 0 Å². The van der Waals surface area contributed by atoms with Crippen LogP contribution < -0.4 is 10.6 Å². The van der Waals surface area contributed by atoms with E-state index in [-0.39, 0.29) is 11.1 Å². The number of benzene rings is 1. The van der Waals surface area contributed by atoms with Gasteiger partial charge in [0.1, 0.15) is 11.5 Å². The van der Waals surface area contributed by atoms with Crippen molar-refractivity contribution in [2.75, 3.05) is 17.2 Å². The van der Waals surface area contributed by atoms with Gasteiger partial charge in [-0.3, -0.25) is 0 Å². The van der Waals surface area contributed by atoms with Crippen molar-refractivity contribution in [3.8, 4) is 0 Å². The van der Waals surface area contributed by atoms with Crippen LogP contribution in [-0.4, -0.2) is 21.1 Å². The Labute approximate surface area is 141 Å². The molecule has 0 radical (unpaired) electrons. The number of hydrogen-bond donors (Lipinski definition) is 1. The summed E-state index contributed by atoms with van der Waals surface area (Å²) in [6.07, 6.45) is 2.08. The first-order chi connectivity index (χ1) is 12.1. The third kappa shape index (κ3) is 2.57. The van der Waals surface area contributed by atoms with Crippen LogP contribution in [0.25, 0.3) is 5.65 Å². The lowest BCUT2D eigenvalue weighted by Gasteiger charge is -2.27. The maximum Gasteiger partial charge on any atom is 0.264 e. The molecule has 0 amide bonds. The fourth-order valence-electron chi connectivity index (χ4n) is 3.48. The summed E-state index contributed by atoms with van der Waals surface area (Å²) in [6.45, 7) is 0.609. The molecular formula is C17H16F3N5. The van der Waals surface area contributed by atoms with Crippen LogP contribution in [0.3, 0.4) is 0 Å². The fourth-order valence-corrected chi connectivity index (χ4v) is 3.48. The molecular weight excluding hydrogens is 331 g/mol. The minimum atomic E-state index is -2.67. The predicted molar refractivity (Wildman–Crippen MR) is 88.1 cm³/mol. The van der Waals surface area contributed by atoms with Gasteiger partial charge in [-0.2, -0.15) is 0 Å². The van der Waals surface area contributed by atoms with Crippen LogP contribution in [0, 0.1) is 5.82 Å². The molecule has 0 aliphatic carbocycles. The average Bonchev–Trinajstić information content (AvgIpc) is 3.19. The number of fused-ring (bicyclic) bond motifs is 1. The van der Waals surface area contributed by atoms with Gasteiger partial charge in [0.25, 0.3) is 6.43 Å². The molecule has 130 valence electrons. The number of halogens is 3. The summed E-state index contributed by atoms with van der Waals surface area (Å²) in [5.74, 6) is -0.0402. The molecule has 1 saturated heterocycles. The summed E-state index contributed by atoms with van der Waals surface area (Å²) in [7, 11) is 0. The molecule has 1 aliphatic heterocycles. The first-order valence-corrected chi connectivity index (χ1v) is 7.99. The van der Waals surface area contributed by atoms with E-state index in [0.717, 1.165) is 18.6 Å². The Bertz CT molecular complexity index is 924. The van der Waals surface area contributed by atoms with Crippen molar-refractivity contribution in [3.63, 3.8) is 0 Å². The first kappa shape index (κ1) is 15.7. The van der Waals surface area contributed by atoms with E-state index in [1.165, 1.54) is 6.07 Å².